The van der Waals surface area contributed by atoms with E-state index >= 15 is 0 Å². The van der Waals surface area contributed by atoms with E-state index in [-0.39, 0.29) is 0 Å². The van der Waals surface area contributed by atoms with E-state index < -0.39 is 6.10 Å². The predicted molar refractivity (Wildman–Crippen MR) is 69.4 cm³/mol. The number of benzene rings is 1. The molecule has 0 amide bonds. The highest BCUT2D eigenvalue weighted by atomic mass is 35.5. The number of hydrogen-bond acceptors (Lipinski definition) is 2. The van der Waals surface area contributed by atoms with Crippen molar-refractivity contribution in [2.75, 3.05) is 6.61 Å². The summed E-state index contributed by atoms with van der Waals surface area (Å²) in [4.78, 5) is 0. The fraction of sp³-hybridized carbons (Fsp3) is 0.571. The van der Waals surface area contributed by atoms with Crippen LogP contribution in [-0.2, 0) is 4.74 Å². The Morgan fingerprint density at radius 1 is 1.53 bits per heavy atom. The molecule has 2 unspecified atom stereocenters. The molecule has 17 heavy (non-hydrogen) atoms. The standard InChI is InChI=1S/C14H19ClO2/c1-10-4-6-12(13(15)9-10)14(16)7-5-11-3-2-8-17-11/h4,6,9,11,14,16H,2-3,5,7-8H2,1H3. The summed E-state index contributed by atoms with van der Waals surface area (Å²) in [5.74, 6) is 0. The van der Waals surface area contributed by atoms with E-state index in [1.165, 1.54) is 0 Å². The molecule has 1 aromatic rings. The Morgan fingerprint density at radius 3 is 3.00 bits per heavy atom. The van der Waals surface area contributed by atoms with E-state index in [1.807, 2.05) is 25.1 Å². The molecule has 1 heterocycles. The van der Waals surface area contributed by atoms with E-state index in [9.17, 15) is 5.11 Å². The molecule has 2 nitrogen and oxygen atoms in total. The lowest BCUT2D eigenvalue weighted by Gasteiger charge is -2.15. The molecule has 2 rings (SSSR count). The minimum absolute atomic E-state index is 0.328. The molecule has 0 aromatic heterocycles. The molecule has 0 spiro atoms. The van der Waals surface area contributed by atoms with E-state index in [2.05, 4.69) is 0 Å². The molecule has 0 saturated carbocycles. The first-order chi connectivity index (χ1) is 8.16. The van der Waals surface area contributed by atoms with Crippen LogP contribution in [0.5, 0.6) is 0 Å². The first-order valence-electron chi connectivity index (χ1n) is 6.22. The van der Waals surface area contributed by atoms with Crippen molar-refractivity contribution < 1.29 is 9.84 Å². The second kappa shape index (κ2) is 5.85. The molecule has 1 aliphatic heterocycles. The van der Waals surface area contributed by atoms with Crippen molar-refractivity contribution in [1.29, 1.82) is 0 Å². The largest absolute Gasteiger partial charge is 0.388 e. The number of aliphatic hydroxyl groups excluding tert-OH is 1. The van der Waals surface area contributed by atoms with Crippen molar-refractivity contribution >= 4 is 11.6 Å². The van der Waals surface area contributed by atoms with E-state index in [0.29, 0.717) is 17.5 Å². The van der Waals surface area contributed by atoms with Gasteiger partial charge in [-0.3, -0.25) is 0 Å². The van der Waals surface area contributed by atoms with Crippen molar-refractivity contribution in [3.63, 3.8) is 0 Å². The summed E-state index contributed by atoms with van der Waals surface area (Å²) >= 11 is 6.13. The average Bonchev–Trinajstić information content (AvgIpc) is 2.78. The third kappa shape index (κ3) is 3.44. The minimum atomic E-state index is -0.479. The van der Waals surface area contributed by atoms with Crippen LogP contribution in [0.15, 0.2) is 18.2 Å². The number of halogens is 1. The van der Waals surface area contributed by atoms with Crippen LogP contribution in [0.3, 0.4) is 0 Å². The Kier molecular flexibility index (Phi) is 4.43. The lowest BCUT2D eigenvalue weighted by atomic mass is 10.0. The SMILES string of the molecule is Cc1ccc(C(O)CCC2CCCO2)c(Cl)c1. The van der Waals surface area contributed by atoms with Gasteiger partial charge in [0.2, 0.25) is 0 Å². The number of aryl methyl sites for hydroxylation is 1. The number of aliphatic hydroxyl groups is 1. The van der Waals surface area contributed by atoms with Gasteiger partial charge in [0.05, 0.1) is 12.2 Å². The van der Waals surface area contributed by atoms with Crippen LogP contribution in [0.2, 0.25) is 5.02 Å². The molecule has 1 aliphatic rings. The van der Waals surface area contributed by atoms with Gasteiger partial charge in [-0.2, -0.15) is 0 Å². The van der Waals surface area contributed by atoms with Gasteiger partial charge in [-0.25, -0.2) is 0 Å². The second-order valence-corrected chi connectivity index (χ2v) is 5.16. The van der Waals surface area contributed by atoms with Gasteiger partial charge in [0, 0.05) is 11.6 Å². The summed E-state index contributed by atoms with van der Waals surface area (Å²) in [6.07, 6.45) is 3.74. The average molecular weight is 255 g/mol. The summed E-state index contributed by atoms with van der Waals surface area (Å²) in [7, 11) is 0. The predicted octanol–water partition coefficient (Wildman–Crippen LogP) is 3.64. The highest BCUT2D eigenvalue weighted by Crippen LogP contribution is 2.29. The molecule has 94 valence electrons. The number of hydrogen-bond donors (Lipinski definition) is 1. The normalized spacial score (nSPS) is 21.7. The maximum atomic E-state index is 10.1. The summed E-state index contributed by atoms with van der Waals surface area (Å²) in [6.45, 7) is 2.86. The zero-order valence-electron chi connectivity index (χ0n) is 10.2. The van der Waals surface area contributed by atoms with Crippen LogP contribution in [0.1, 0.15) is 42.9 Å². The zero-order valence-corrected chi connectivity index (χ0v) is 10.9. The zero-order chi connectivity index (χ0) is 12.3. The lowest BCUT2D eigenvalue weighted by Crippen LogP contribution is -2.08. The van der Waals surface area contributed by atoms with Crippen molar-refractivity contribution in [2.45, 2.75) is 44.8 Å². The van der Waals surface area contributed by atoms with Crippen LogP contribution < -0.4 is 0 Å². The maximum Gasteiger partial charge on any atom is 0.0805 e. The number of rotatable bonds is 4. The molecule has 1 fully saturated rings. The smallest absolute Gasteiger partial charge is 0.0805 e. The topological polar surface area (TPSA) is 29.5 Å². The van der Waals surface area contributed by atoms with Gasteiger partial charge in [-0.15, -0.1) is 0 Å². The van der Waals surface area contributed by atoms with Crippen LogP contribution in [0, 0.1) is 6.92 Å². The minimum Gasteiger partial charge on any atom is -0.388 e. The summed E-state index contributed by atoms with van der Waals surface area (Å²) < 4.78 is 5.54. The Morgan fingerprint density at radius 2 is 2.35 bits per heavy atom. The van der Waals surface area contributed by atoms with E-state index in [0.717, 1.165) is 37.0 Å². The van der Waals surface area contributed by atoms with Crippen LogP contribution in [0.25, 0.3) is 0 Å². The summed E-state index contributed by atoms with van der Waals surface area (Å²) in [5.41, 5.74) is 1.94. The van der Waals surface area contributed by atoms with Gasteiger partial charge in [-0.1, -0.05) is 23.7 Å². The molecule has 1 aromatic carbocycles. The summed E-state index contributed by atoms with van der Waals surface area (Å²) in [6, 6.07) is 5.79. The third-order valence-electron chi connectivity index (χ3n) is 3.30. The molecule has 0 bridgehead atoms. The van der Waals surface area contributed by atoms with Crippen LogP contribution >= 0.6 is 11.6 Å². The Bertz CT molecular complexity index is 372. The molecule has 0 aliphatic carbocycles. The molecule has 0 radical (unpaired) electrons. The van der Waals surface area contributed by atoms with Gasteiger partial charge >= 0.3 is 0 Å². The third-order valence-corrected chi connectivity index (χ3v) is 3.63. The van der Waals surface area contributed by atoms with E-state index in [1.54, 1.807) is 0 Å². The molecular formula is C14H19ClO2. The maximum absolute atomic E-state index is 10.1. The van der Waals surface area contributed by atoms with Crippen molar-refractivity contribution in [2.24, 2.45) is 0 Å². The monoisotopic (exact) mass is 254 g/mol. The van der Waals surface area contributed by atoms with Gasteiger partial charge in [0.1, 0.15) is 0 Å². The lowest BCUT2D eigenvalue weighted by molar-refractivity contribution is 0.0812. The van der Waals surface area contributed by atoms with Gasteiger partial charge < -0.3 is 9.84 Å². The highest BCUT2D eigenvalue weighted by molar-refractivity contribution is 6.31. The Hall–Kier alpha value is -0.570. The first kappa shape index (κ1) is 12.9. The van der Waals surface area contributed by atoms with Crippen LogP contribution in [0.4, 0.5) is 0 Å². The van der Waals surface area contributed by atoms with Gasteiger partial charge in [0.25, 0.3) is 0 Å². The molecule has 1 saturated heterocycles. The number of ether oxygens (including phenoxy) is 1. The van der Waals surface area contributed by atoms with E-state index in [4.69, 9.17) is 16.3 Å². The Labute approximate surface area is 108 Å². The van der Waals surface area contributed by atoms with Crippen molar-refractivity contribution in [3.05, 3.63) is 34.3 Å². The second-order valence-electron chi connectivity index (χ2n) is 4.75. The van der Waals surface area contributed by atoms with Gasteiger partial charge in [-0.05, 0) is 49.8 Å². The molecule has 1 N–H and O–H groups in total. The fourth-order valence-corrected chi connectivity index (χ4v) is 2.63. The van der Waals surface area contributed by atoms with Crippen molar-refractivity contribution in [1.82, 2.24) is 0 Å². The summed E-state index contributed by atoms with van der Waals surface area (Å²) in [5, 5.41) is 10.8. The molecular weight excluding hydrogens is 236 g/mol. The van der Waals surface area contributed by atoms with Crippen LogP contribution in [-0.4, -0.2) is 17.8 Å². The van der Waals surface area contributed by atoms with Crippen molar-refractivity contribution in [3.8, 4) is 0 Å². The first-order valence-corrected chi connectivity index (χ1v) is 6.60. The molecule has 3 heteroatoms. The highest BCUT2D eigenvalue weighted by Gasteiger charge is 2.18. The van der Waals surface area contributed by atoms with Gasteiger partial charge in [0.15, 0.2) is 0 Å². The fourth-order valence-electron chi connectivity index (χ4n) is 2.27. The Balaban J connectivity index is 1.91. The quantitative estimate of drug-likeness (QED) is 0.889. The molecule has 2 atom stereocenters.